The van der Waals surface area contributed by atoms with Crippen molar-refractivity contribution in [1.29, 1.82) is 0 Å². The highest BCUT2D eigenvalue weighted by atomic mass is 14.5. The van der Waals surface area contributed by atoms with Gasteiger partial charge in [0, 0.05) is 0 Å². The Labute approximate surface area is 249 Å². The molecule has 222 valence electrons. The summed E-state index contributed by atoms with van der Waals surface area (Å²) in [7, 11) is 0. The van der Waals surface area contributed by atoms with Crippen molar-refractivity contribution >= 4 is 0 Å². The molecule has 0 bridgehead atoms. The first-order chi connectivity index (χ1) is 18.6. The lowest BCUT2D eigenvalue weighted by Gasteiger charge is -2.34. The molecule has 0 N–H and O–H groups in total. The second-order valence-corrected chi connectivity index (χ2v) is 15.6. The van der Waals surface area contributed by atoms with Gasteiger partial charge in [0.1, 0.15) is 0 Å². The molecule has 0 aromatic heterocycles. The molecule has 40 heavy (non-hydrogen) atoms. The standard InChI is InChI=1S/C40H62/c1-20(2)16-35-24(7)22(5)18-36(37(35)21(3)4)28(11)27(10)34-19-33-17-23(6)38(32(15)39(33)31(34)14)40-29(12)25(8)26(9)30(40)13/h17-18,20-21,25-31,34,40H,16,19H2,1-15H3/t25?,26?,27?,28?,29?,30?,31?,34-,40?/m1/s1. The molecule has 0 heteroatoms. The van der Waals surface area contributed by atoms with Crippen LogP contribution >= 0.6 is 0 Å². The zero-order chi connectivity index (χ0) is 30.0. The molecule has 0 nitrogen and oxygen atoms in total. The van der Waals surface area contributed by atoms with Gasteiger partial charge in [0.15, 0.2) is 0 Å². The van der Waals surface area contributed by atoms with Crippen LogP contribution in [0.4, 0.5) is 0 Å². The molecular formula is C40H62. The van der Waals surface area contributed by atoms with Crippen LogP contribution in [0.5, 0.6) is 0 Å². The predicted octanol–water partition coefficient (Wildman–Crippen LogP) is 11.6. The summed E-state index contributed by atoms with van der Waals surface area (Å²) in [6, 6.07) is 5.19. The molecule has 0 heterocycles. The first-order valence-electron chi connectivity index (χ1n) is 16.9. The highest BCUT2D eigenvalue weighted by Gasteiger charge is 2.45. The summed E-state index contributed by atoms with van der Waals surface area (Å²) in [4.78, 5) is 0. The van der Waals surface area contributed by atoms with Gasteiger partial charge in [-0.3, -0.25) is 0 Å². The zero-order valence-corrected chi connectivity index (χ0v) is 28.9. The molecule has 2 aliphatic rings. The number of fused-ring (bicyclic) bond motifs is 1. The monoisotopic (exact) mass is 542 g/mol. The number of hydrogen-bond acceptors (Lipinski definition) is 0. The van der Waals surface area contributed by atoms with Gasteiger partial charge in [0.25, 0.3) is 0 Å². The van der Waals surface area contributed by atoms with E-state index in [0.717, 1.165) is 23.7 Å². The van der Waals surface area contributed by atoms with Crippen molar-refractivity contribution in [3.63, 3.8) is 0 Å². The third-order valence-electron chi connectivity index (χ3n) is 12.7. The van der Waals surface area contributed by atoms with Gasteiger partial charge in [0.2, 0.25) is 0 Å². The minimum atomic E-state index is 0.557. The van der Waals surface area contributed by atoms with Crippen molar-refractivity contribution in [3.05, 3.63) is 67.8 Å². The summed E-state index contributed by atoms with van der Waals surface area (Å²) in [5.41, 5.74) is 16.2. The van der Waals surface area contributed by atoms with Crippen molar-refractivity contribution in [3.8, 4) is 0 Å². The van der Waals surface area contributed by atoms with Crippen LogP contribution in [0.3, 0.4) is 0 Å². The van der Waals surface area contributed by atoms with Crippen molar-refractivity contribution < 1.29 is 0 Å². The fourth-order valence-corrected chi connectivity index (χ4v) is 9.73. The second-order valence-electron chi connectivity index (χ2n) is 15.6. The molecule has 2 aliphatic carbocycles. The van der Waals surface area contributed by atoms with Crippen LogP contribution < -0.4 is 0 Å². The van der Waals surface area contributed by atoms with Crippen LogP contribution in [0.1, 0.15) is 155 Å². The van der Waals surface area contributed by atoms with Crippen LogP contribution in [0.15, 0.2) is 12.1 Å². The van der Waals surface area contributed by atoms with E-state index in [-0.39, 0.29) is 0 Å². The molecule has 2 aromatic rings. The van der Waals surface area contributed by atoms with Crippen molar-refractivity contribution in [2.45, 2.75) is 140 Å². The Kier molecular flexibility index (Phi) is 9.11. The highest BCUT2D eigenvalue weighted by Crippen LogP contribution is 2.55. The van der Waals surface area contributed by atoms with Crippen LogP contribution in [0, 0.1) is 69.1 Å². The van der Waals surface area contributed by atoms with Crippen LogP contribution in [0.25, 0.3) is 0 Å². The molecule has 0 amide bonds. The van der Waals surface area contributed by atoms with E-state index < -0.39 is 0 Å². The van der Waals surface area contributed by atoms with E-state index in [9.17, 15) is 0 Å². The van der Waals surface area contributed by atoms with E-state index in [1.54, 1.807) is 44.5 Å². The zero-order valence-electron chi connectivity index (χ0n) is 28.9. The maximum atomic E-state index is 2.62. The van der Waals surface area contributed by atoms with Gasteiger partial charge in [-0.25, -0.2) is 0 Å². The average molecular weight is 543 g/mol. The Bertz CT molecular complexity index is 1210. The van der Waals surface area contributed by atoms with Crippen LogP contribution in [0.2, 0.25) is 0 Å². The highest BCUT2D eigenvalue weighted by molar-refractivity contribution is 5.53. The van der Waals surface area contributed by atoms with Gasteiger partial charge in [0.05, 0.1) is 0 Å². The van der Waals surface area contributed by atoms with E-state index in [4.69, 9.17) is 0 Å². The normalized spacial score (nSPS) is 29.9. The lowest BCUT2D eigenvalue weighted by Crippen LogP contribution is -2.23. The molecule has 0 aliphatic heterocycles. The number of aryl methyl sites for hydroxylation is 2. The van der Waals surface area contributed by atoms with E-state index in [2.05, 4.69) is 116 Å². The molecule has 2 aromatic carbocycles. The predicted molar refractivity (Wildman–Crippen MR) is 177 cm³/mol. The Morgan fingerprint density at radius 2 is 1.27 bits per heavy atom. The van der Waals surface area contributed by atoms with Gasteiger partial charge < -0.3 is 0 Å². The minimum Gasteiger partial charge on any atom is -0.0625 e. The summed E-state index contributed by atoms with van der Waals surface area (Å²) in [5.74, 6) is 7.56. The summed E-state index contributed by atoms with van der Waals surface area (Å²) in [6.07, 6.45) is 2.43. The quantitative estimate of drug-likeness (QED) is 0.326. The lowest BCUT2D eigenvalue weighted by molar-refractivity contribution is 0.291. The van der Waals surface area contributed by atoms with Gasteiger partial charge in [-0.15, -0.1) is 0 Å². The first kappa shape index (κ1) is 31.4. The number of benzene rings is 2. The molecule has 0 spiro atoms. The van der Waals surface area contributed by atoms with Gasteiger partial charge in [-0.1, -0.05) is 88.3 Å². The smallest absolute Gasteiger partial charge is 0.00999 e. The molecule has 8 atom stereocenters. The van der Waals surface area contributed by atoms with Crippen LogP contribution in [-0.2, 0) is 12.8 Å². The molecule has 1 saturated carbocycles. The van der Waals surface area contributed by atoms with E-state index >= 15 is 0 Å². The third-order valence-corrected chi connectivity index (χ3v) is 12.7. The SMILES string of the molecule is Cc1cc(C(C)C(C)[C@H]2Cc3cc(C)c(C4C(C)C(C)C(C)C4C)c(C)c3C2C)c(C(C)C)c(CC(C)C)c1C. The summed E-state index contributed by atoms with van der Waals surface area (Å²) >= 11 is 0. The van der Waals surface area contributed by atoms with Crippen LogP contribution in [-0.4, -0.2) is 0 Å². The average Bonchev–Trinajstić information content (AvgIpc) is 3.29. The Balaban J connectivity index is 1.72. The van der Waals surface area contributed by atoms with E-state index in [1.807, 2.05) is 0 Å². The summed E-state index contributed by atoms with van der Waals surface area (Å²) in [6.45, 7) is 36.9. The fourth-order valence-electron chi connectivity index (χ4n) is 9.73. The van der Waals surface area contributed by atoms with Crippen molar-refractivity contribution in [2.75, 3.05) is 0 Å². The molecule has 7 unspecified atom stereocenters. The summed E-state index contributed by atoms with van der Waals surface area (Å²) in [5, 5.41) is 0. The molecule has 4 rings (SSSR count). The lowest BCUT2D eigenvalue weighted by atomic mass is 9.71. The third kappa shape index (κ3) is 5.13. The largest absolute Gasteiger partial charge is 0.0625 e. The Hall–Kier alpha value is -1.56. The fraction of sp³-hybridized carbons (Fsp3) is 0.700. The number of hydrogen-bond donors (Lipinski definition) is 0. The van der Waals surface area contributed by atoms with Gasteiger partial charge in [-0.2, -0.15) is 0 Å². The molecule has 1 fully saturated rings. The minimum absolute atomic E-state index is 0.557. The molecule has 0 radical (unpaired) electrons. The molecule has 0 saturated heterocycles. The topological polar surface area (TPSA) is 0 Å². The second kappa shape index (κ2) is 11.6. The maximum absolute atomic E-state index is 2.62. The summed E-state index contributed by atoms with van der Waals surface area (Å²) < 4.78 is 0. The van der Waals surface area contributed by atoms with Gasteiger partial charge in [-0.05, 0) is 161 Å². The van der Waals surface area contributed by atoms with Gasteiger partial charge >= 0.3 is 0 Å². The Morgan fingerprint density at radius 3 is 1.80 bits per heavy atom. The van der Waals surface area contributed by atoms with Crippen molar-refractivity contribution in [1.82, 2.24) is 0 Å². The molecular weight excluding hydrogens is 480 g/mol. The first-order valence-corrected chi connectivity index (χ1v) is 16.9. The van der Waals surface area contributed by atoms with Crippen molar-refractivity contribution in [2.24, 2.45) is 41.4 Å². The van der Waals surface area contributed by atoms with E-state index in [1.165, 1.54) is 24.0 Å². The number of rotatable bonds is 7. The van der Waals surface area contributed by atoms with E-state index in [0.29, 0.717) is 41.4 Å². The maximum Gasteiger partial charge on any atom is -0.00999 e. The Morgan fingerprint density at radius 1 is 0.700 bits per heavy atom.